The molecule has 7 heteroatoms. The molecule has 3 N–H and O–H groups in total. The summed E-state index contributed by atoms with van der Waals surface area (Å²) in [6.07, 6.45) is 8.31. The normalized spacial score (nSPS) is 20.3. The average molecular weight is 508 g/mol. The summed E-state index contributed by atoms with van der Waals surface area (Å²) < 4.78 is 13.3. The van der Waals surface area contributed by atoms with Crippen molar-refractivity contribution in [1.82, 2.24) is 15.2 Å². The van der Waals surface area contributed by atoms with Crippen LogP contribution >= 0.6 is 0 Å². The Balaban J connectivity index is 0.000000342. The van der Waals surface area contributed by atoms with Crippen molar-refractivity contribution in [3.05, 3.63) is 70.1 Å². The van der Waals surface area contributed by atoms with Gasteiger partial charge in [-0.3, -0.25) is 4.79 Å². The molecule has 0 spiro atoms. The number of pyridine rings is 1. The predicted octanol–water partition coefficient (Wildman–Crippen LogP) is 4.01. The van der Waals surface area contributed by atoms with E-state index >= 15 is 0 Å². The predicted molar refractivity (Wildman–Crippen MR) is 149 cm³/mol. The van der Waals surface area contributed by atoms with Gasteiger partial charge in [-0.05, 0) is 118 Å². The van der Waals surface area contributed by atoms with Gasteiger partial charge in [0, 0.05) is 11.6 Å². The molecule has 3 heterocycles. The largest absolute Gasteiger partial charge is 0.497 e. The molecule has 0 amide bonds. The molecule has 2 aliphatic heterocycles. The molecule has 7 nitrogen and oxygen atoms in total. The molecule has 0 bridgehead atoms. The van der Waals surface area contributed by atoms with Gasteiger partial charge in [-0.15, -0.1) is 0 Å². The lowest BCUT2D eigenvalue weighted by atomic mass is 10.1. The van der Waals surface area contributed by atoms with Crippen LogP contribution in [-0.2, 0) is 6.54 Å². The molecular formula is C30H41N3O4. The van der Waals surface area contributed by atoms with Crippen LogP contribution in [0.4, 0.5) is 0 Å². The van der Waals surface area contributed by atoms with Crippen LogP contribution in [0.3, 0.4) is 0 Å². The van der Waals surface area contributed by atoms with Gasteiger partial charge in [-0.2, -0.15) is 0 Å². The summed E-state index contributed by atoms with van der Waals surface area (Å²) in [7, 11) is 1.65. The first kappa shape index (κ1) is 27.2. The fourth-order valence-corrected chi connectivity index (χ4v) is 4.88. The van der Waals surface area contributed by atoms with E-state index in [0.717, 1.165) is 98.1 Å². The number of hydrogen-bond donors (Lipinski definition) is 3. The summed E-state index contributed by atoms with van der Waals surface area (Å²) >= 11 is 0. The van der Waals surface area contributed by atoms with E-state index in [2.05, 4.69) is 10.6 Å². The SMILES string of the molecule is COc1ccc(Cn2ccc3cc(OC4CCCNCC4)c(C)cc3c2=O)cc1.OC1CCCNCC1. The van der Waals surface area contributed by atoms with Crippen molar-refractivity contribution in [3.8, 4) is 11.5 Å². The number of fused-ring (bicyclic) bond motifs is 1. The highest BCUT2D eigenvalue weighted by atomic mass is 16.5. The molecule has 2 aromatic carbocycles. The van der Waals surface area contributed by atoms with Crippen LogP contribution in [0.1, 0.15) is 49.7 Å². The Morgan fingerprint density at radius 3 is 2.43 bits per heavy atom. The minimum absolute atomic E-state index is 0.0200. The van der Waals surface area contributed by atoms with Gasteiger partial charge in [0.25, 0.3) is 5.56 Å². The second-order valence-electron chi connectivity index (χ2n) is 10.1. The van der Waals surface area contributed by atoms with Gasteiger partial charge in [0.15, 0.2) is 0 Å². The molecule has 3 aromatic rings. The number of benzene rings is 2. The molecule has 0 saturated carbocycles. The zero-order valence-corrected chi connectivity index (χ0v) is 22.2. The molecule has 5 rings (SSSR count). The third kappa shape index (κ3) is 7.81. The molecule has 2 aliphatic rings. The highest BCUT2D eigenvalue weighted by Gasteiger charge is 2.16. The van der Waals surface area contributed by atoms with Crippen molar-refractivity contribution in [1.29, 1.82) is 0 Å². The summed E-state index contributed by atoms with van der Waals surface area (Å²) in [5, 5.41) is 17.3. The molecule has 2 saturated heterocycles. The third-order valence-corrected chi connectivity index (χ3v) is 7.15. The minimum atomic E-state index is -0.0370. The Bertz CT molecular complexity index is 1180. The Kier molecular flexibility index (Phi) is 9.99. The maximum Gasteiger partial charge on any atom is 0.258 e. The first-order chi connectivity index (χ1) is 18.0. The molecule has 0 aliphatic carbocycles. The monoisotopic (exact) mass is 507 g/mol. The van der Waals surface area contributed by atoms with E-state index in [0.29, 0.717) is 6.54 Å². The number of aliphatic hydroxyl groups excluding tert-OH is 1. The van der Waals surface area contributed by atoms with E-state index < -0.39 is 0 Å². The van der Waals surface area contributed by atoms with Gasteiger partial charge in [-0.25, -0.2) is 0 Å². The quantitative estimate of drug-likeness (QED) is 0.484. The first-order valence-corrected chi connectivity index (χ1v) is 13.6. The van der Waals surface area contributed by atoms with E-state index in [4.69, 9.17) is 14.6 Å². The van der Waals surface area contributed by atoms with Crippen LogP contribution in [-0.4, -0.2) is 55.2 Å². The van der Waals surface area contributed by atoms with Crippen LogP contribution in [0.2, 0.25) is 0 Å². The van der Waals surface area contributed by atoms with Crippen LogP contribution in [0.25, 0.3) is 10.8 Å². The second kappa shape index (κ2) is 13.6. The number of methoxy groups -OCH3 is 1. The fraction of sp³-hybridized carbons (Fsp3) is 0.500. The van der Waals surface area contributed by atoms with Crippen molar-refractivity contribution in [2.45, 2.75) is 64.2 Å². The molecular weight excluding hydrogens is 466 g/mol. The highest BCUT2D eigenvalue weighted by Crippen LogP contribution is 2.26. The second-order valence-corrected chi connectivity index (χ2v) is 10.1. The summed E-state index contributed by atoms with van der Waals surface area (Å²) in [6.45, 7) is 6.67. The van der Waals surface area contributed by atoms with Gasteiger partial charge in [0.2, 0.25) is 0 Å². The maximum atomic E-state index is 13.0. The fourth-order valence-electron chi connectivity index (χ4n) is 4.88. The van der Waals surface area contributed by atoms with Gasteiger partial charge < -0.3 is 29.8 Å². The molecule has 2 fully saturated rings. The van der Waals surface area contributed by atoms with Crippen LogP contribution in [0.15, 0.2) is 53.5 Å². The Morgan fingerprint density at radius 1 is 0.946 bits per heavy atom. The van der Waals surface area contributed by atoms with E-state index in [-0.39, 0.29) is 17.8 Å². The van der Waals surface area contributed by atoms with E-state index in [9.17, 15) is 4.79 Å². The van der Waals surface area contributed by atoms with Crippen molar-refractivity contribution in [2.75, 3.05) is 33.3 Å². The summed E-state index contributed by atoms with van der Waals surface area (Å²) in [6, 6.07) is 13.8. The van der Waals surface area contributed by atoms with Gasteiger partial charge in [0.05, 0.1) is 25.9 Å². The van der Waals surface area contributed by atoms with Crippen molar-refractivity contribution >= 4 is 10.8 Å². The minimum Gasteiger partial charge on any atom is -0.497 e. The standard InChI is InChI=1S/C24H28N2O3.C6H13NO/c1-17-14-22-19(15-23(17)29-21-4-3-11-25-12-9-21)10-13-26(24(22)27)16-18-5-7-20(28-2)8-6-18;8-6-2-1-4-7-5-3-6/h5-8,10,13-15,21,25H,3-4,9,11-12,16H2,1-2H3;6-8H,1-5H2. The number of aliphatic hydroxyl groups is 1. The number of aryl methyl sites for hydroxylation is 1. The maximum absolute atomic E-state index is 13.0. The number of hydrogen-bond acceptors (Lipinski definition) is 6. The summed E-state index contributed by atoms with van der Waals surface area (Å²) in [5.74, 6) is 1.70. The van der Waals surface area contributed by atoms with Crippen molar-refractivity contribution in [2.24, 2.45) is 0 Å². The summed E-state index contributed by atoms with van der Waals surface area (Å²) in [5.41, 5.74) is 2.09. The summed E-state index contributed by atoms with van der Waals surface area (Å²) in [4.78, 5) is 13.0. The molecule has 37 heavy (non-hydrogen) atoms. The third-order valence-electron chi connectivity index (χ3n) is 7.15. The lowest BCUT2D eigenvalue weighted by molar-refractivity contribution is 0.161. The average Bonchev–Trinajstić information content (AvgIpc) is 3.32. The molecule has 200 valence electrons. The lowest BCUT2D eigenvalue weighted by Gasteiger charge is -2.19. The number of nitrogens with one attached hydrogen (secondary N) is 2. The zero-order valence-electron chi connectivity index (χ0n) is 22.2. The smallest absolute Gasteiger partial charge is 0.258 e. The number of aromatic nitrogens is 1. The first-order valence-electron chi connectivity index (χ1n) is 13.6. The van der Waals surface area contributed by atoms with Crippen LogP contribution in [0, 0.1) is 6.92 Å². The van der Waals surface area contributed by atoms with Gasteiger partial charge in [-0.1, -0.05) is 12.1 Å². The Labute approximate surface area is 219 Å². The number of ether oxygens (including phenoxy) is 2. The topological polar surface area (TPSA) is 84.8 Å². The molecule has 1 aromatic heterocycles. The Hall–Kier alpha value is -2.87. The van der Waals surface area contributed by atoms with E-state index in [1.165, 1.54) is 0 Å². The van der Waals surface area contributed by atoms with Crippen LogP contribution in [0.5, 0.6) is 11.5 Å². The van der Waals surface area contributed by atoms with Gasteiger partial charge >= 0.3 is 0 Å². The van der Waals surface area contributed by atoms with Crippen molar-refractivity contribution in [3.63, 3.8) is 0 Å². The number of nitrogens with zero attached hydrogens (tertiary/aromatic N) is 1. The molecule has 2 atom stereocenters. The zero-order chi connectivity index (χ0) is 26.0. The number of rotatable bonds is 5. The van der Waals surface area contributed by atoms with Gasteiger partial charge in [0.1, 0.15) is 11.5 Å². The van der Waals surface area contributed by atoms with Crippen molar-refractivity contribution < 1.29 is 14.6 Å². The highest BCUT2D eigenvalue weighted by molar-refractivity contribution is 5.84. The van der Waals surface area contributed by atoms with E-state index in [1.54, 1.807) is 11.7 Å². The lowest BCUT2D eigenvalue weighted by Crippen LogP contribution is -2.21. The molecule has 0 radical (unpaired) electrons. The Morgan fingerprint density at radius 2 is 1.68 bits per heavy atom. The van der Waals surface area contributed by atoms with E-state index in [1.807, 2.05) is 55.6 Å². The molecule has 2 unspecified atom stereocenters. The van der Waals surface area contributed by atoms with Crippen LogP contribution < -0.4 is 25.7 Å².